The summed E-state index contributed by atoms with van der Waals surface area (Å²) in [6.07, 6.45) is 4.35. The van der Waals surface area contributed by atoms with E-state index >= 15 is 0 Å². The van der Waals surface area contributed by atoms with Gasteiger partial charge in [-0.15, -0.1) is 11.3 Å². The molecule has 3 N–H and O–H groups in total. The Morgan fingerprint density at radius 1 is 1.22 bits per heavy atom. The summed E-state index contributed by atoms with van der Waals surface area (Å²) in [7, 11) is 0. The molecule has 23 heavy (non-hydrogen) atoms. The number of nitrogen functional groups attached to an aromatic ring is 1. The molecular formula is C18H20N2O2S. The predicted octanol–water partition coefficient (Wildman–Crippen LogP) is 3.89. The van der Waals surface area contributed by atoms with E-state index in [9.17, 15) is 4.79 Å². The maximum Gasteiger partial charge on any atom is 0.227 e. The van der Waals surface area contributed by atoms with Crippen LogP contribution in [0.3, 0.4) is 0 Å². The lowest BCUT2D eigenvalue weighted by Gasteiger charge is -2.27. The smallest absolute Gasteiger partial charge is 0.227 e. The number of rotatable bonds is 3. The Bertz CT molecular complexity index is 702. The Kier molecular flexibility index (Phi) is 3.83. The SMILES string of the molecule is Nc1ccc(-c2cccs2)cc1NC(=O)C1CC2CCC(C1)O2. The summed E-state index contributed by atoms with van der Waals surface area (Å²) in [5.74, 6) is 0.103. The zero-order valence-corrected chi connectivity index (χ0v) is 13.6. The lowest BCUT2D eigenvalue weighted by atomic mass is 9.94. The van der Waals surface area contributed by atoms with Crippen LogP contribution in [0.2, 0.25) is 0 Å². The normalized spacial score (nSPS) is 26.2. The highest BCUT2D eigenvalue weighted by molar-refractivity contribution is 7.13. The van der Waals surface area contributed by atoms with E-state index in [2.05, 4.69) is 11.4 Å². The van der Waals surface area contributed by atoms with E-state index in [0.717, 1.165) is 31.2 Å². The molecule has 2 atom stereocenters. The number of fused-ring (bicyclic) bond motifs is 2. The number of nitrogens with two attached hydrogens (primary N) is 1. The molecule has 2 unspecified atom stereocenters. The maximum atomic E-state index is 12.6. The molecule has 1 amide bonds. The van der Waals surface area contributed by atoms with Crippen molar-refractivity contribution >= 4 is 28.6 Å². The highest BCUT2D eigenvalue weighted by Gasteiger charge is 2.38. The van der Waals surface area contributed by atoms with Gasteiger partial charge in [0.15, 0.2) is 0 Å². The molecule has 1 aromatic carbocycles. The number of carbonyl (C=O) groups excluding carboxylic acids is 1. The lowest BCUT2D eigenvalue weighted by molar-refractivity contribution is -0.125. The third-order valence-electron chi connectivity index (χ3n) is 4.78. The standard InChI is InChI=1S/C18H20N2O2S/c19-15-6-3-11(17-2-1-7-23-17)10-16(15)20-18(21)12-8-13-4-5-14(9-12)22-13/h1-3,6-7,10,12-14H,4-5,8-9,19H2,(H,20,21). The monoisotopic (exact) mass is 328 g/mol. The molecular weight excluding hydrogens is 308 g/mol. The maximum absolute atomic E-state index is 12.6. The molecule has 4 nitrogen and oxygen atoms in total. The Morgan fingerprint density at radius 3 is 2.70 bits per heavy atom. The van der Waals surface area contributed by atoms with Crippen molar-refractivity contribution in [2.24, 2.45) is 5.92 Å². The van der Waals surface area contributed by atoms with Gasteiger partial charge < -0.3 is 15.8 Å². The Labute approximate surface area is 139 Å². The van der Waals surface area contributed by atoms with E-state index < -0.39 is 0 Å². The molecule has 4 rings (SSSR count). The highest BCUT2D eigenvalue weighted by Crippen LogP contribution is 2.37. The first-order valence-electron chi connectivity index (χ1n) is 8.09. The van der Waals surface area contributed by atoms with Crippen LogP contribution in [0.5, 0.6) is 0 Å². The van der Waals surface area contributed by atoms with Gasteiger partial charge in [-0.3, -0.25) is 4.79 Å². The highest BCUT2D eigenvalue weighted by atomic mass is 32.1. The molecule has 120 valence electrons. The summed E-state index contributed by atoms with van der Waals surface area (Å²) in [6.45, 7) is 0. The van der Waals surface area contributed by atoms with Crippen LogP contribution in [0.4, 0.5) is 11.4 Å². The van der Waals surface area contributed by atoms with Gasteiger partial charge in [0.25, 0.3) is 0 Å². The molecule has 2 fully saturated rings. The number of anilines is 2. The Balaban J connectivity index is 1.52. The summed E-state index contributed by atoms with van der Waals surface area (Å²) in [5.41, 5.74) is 8.45. The molecule has 0 saturated carbocycles. The van der Waals surface area contributed by atoms with Crippen LogP contribution in [-0.2, 0) is 9.53 Å². The summed E-state index contributed by atoms with van der Waals surface area (Å²) < 4.78 is 5.82. The molecule has 2 aromatic rings. The van der Waals surface area contributed by atoms with E-state index in [-0.39, 0.29) is 24.0 Å². The van der Waals surface area contributed by atoms with Crippen molar-refractivity contribution < 1.29 is 9.53 Å². The van der Waals surface area contributed by atoms with Gasteiger partial charge in [-0.1, -0.05) is 12.1 Å². The summed E-state index contributed by atoms with van der Waals surface area (Å²) in [6, 6.07) is 9.90. The third-order valence-corrected chi connectivity index (χ3v) is 5.70. The van der Waals surface area contributed by atoms with E-state index in [0.29, 0.717) is 11.4 Å². The van der Waals surface area contributed by atoms with Gasteiger partial charge in [0, 0.05) is 10.8 Å². The van der Waals surface area contributed by atoms with Crippen LogP contribution < -0.4 is 11.1 Å². The summed E-state index contributed by atoms with van der Waals surface area (Å²) in [4.78, 5) is 13.8. The predicted molar refractivity (Wildman–Crippen MR) is 93.4 cm³/mol. The average Bonchev–Trinajstić information content (AvgIpc) is 3.19. The molecule has 2 bridgehead atoms. The minimum absolute atomic E-state index is 0.0334. The van der Waals surface area contributed by atoms with Crippen molar-refractivity contribution in [3.05, 3.63) is 35.7 Å². The number of ether oxygens (including phenoxy) is 1. The number of amides is 1. The molecule has 0 aliphatic carbocycles. The minimum Gasteiger partial charge on any atom is -0.397 e. The average molecular weight is 328 g/mol. The first kappa shape index (κ1) is 14.7. The van der Waals surface area contributed by atoms with Crippen molar-refractivity contribution in [1.82, 2.24) is 0 Å². The number of nitrogens with one attached hydrogen (secondary N) is 1. The Hall–Kier alpha value is -1.85. The zero-order chi connectivity index (χ0) is 15.8. The second kappa shape index (κ2) is 5.98. The second-order valence-electron chi connectivity index (χ2n) is 6.39. The van der Waals surface area contributed by atoms with Crippen molar-refractivity contribution in [2.75, 3.05) is 11.1 Å². The fourth-order valence-corrected chi connectivity index (χ4v) is 4.29. The molecule has 0 radical (unpaired) electrons. The summed E-state index contributed by atoms with van der Waals surface area (Å²) in [5, 5.41) is 5.08. The minimum atomic E-state index is 0.0334. The molecule has 3 heterocycles. The van der Waals surface area contributed by atoms with Crippen LogP contribution >= 0.6 is 11.3 Å². The van der Waals surface area contributed by atoms with Crippen LogP contribution in [0.15, 0.2) is 35.7 Å². The largest absolute Gasteiger partial charge is 0.397 e. The van der Waals surface area contributed by atoms with Crippen molar-refractivity contribution in [3.8, 4) is 10.4 Å². The van der Waals surface area contributed by atoms with Gasteiger partial charge in [0.05, 0.1) is 23.6 Å². The van der Waals surface area contributed by atoms with Crippen molar-refractivity contribution in [3.63, 3.8) is 0 Å². The third kappa shape index (κ3) is 2.99. The molecule has 0 spiro atoms. The van der Waals surface area contributed by atoms with Crippen LogP contribution in [-0.4, -0.2) is 18.1 Å². The van der Waals surface area contributed by atoms with Gasteiger partial charge >= 0.3 is 0 Å². The van der Waals surface area contributed by atoms with E-state index in [4.69, 9.17) is 10.5 Å². The van der Waals surface area contributed by atoms with Crippen LogP contribution in [0.1, 0.15) is 25.7 Å². The molecule has 1 aromatic heterocycles. The molecule has 2 saturated heterocycles. The van der Waals surface area contributed by atoms with Gasteiger partial charge in [-0.05, 0) is 54.8 Å². The number of thiophene rings is 1. The number of benzene rings is 1. The first-order chi connectivity index (χ1) is 11.2. The number of hydrogen-bond acceptors (Lipinski definition) is 4. The first-order valence-corrected chi connectivity index (χ1v) is 8.97. The van der Waals surface area contributed by atoms with Gasteiger partial charge in [0.2, 0.25) is 5.91 Å². The van der Waals surface area contributed by atoms with Crippen molar-refractivity contribution in [2.45, 2.75) is 37.9 Å². The molecule has 5 heteroatoms. The topological polar surface area (TPSA) is 64.3 Å². The Morgan fingerprint density at radius 2 is 2.00 bits per heavy atom. The van der Waals surface area contributed by atoms with Crippen LogP contribution in [0, 0.1) is 5.92 Å². The van der Waals surface area contributed by atoms with E-state index in [1.165, 1.54) is 4.88 Å². The van der Waals surface area contributed by atoms with Crippen molar-refractivity contribution in [1.29, 1.82) is 0 Å². The number of hydrogen-bond donors (Lipinski definition) is 2. The summed E-state index contributed by atoms with van der Waals surface area (Å²) >= 11 is 1.68. The van der Waals surface area contributed by atoms with Crippen LogP contribution in [0.25, 0.3) is 10.4 Å². The fraction of sp³-hybridized carbons (Fsp3) is 0.389. The van der Waals surface area contributed by atoms with Gasteiger partial charge in [-0.25, -0.2) is 0 Å². The van der Waals surface area contributed by atoms with E-state index in [1.54, 1.807) is 11.3 Å². The van der Waals surface area contributed by atoms with Gasteiger partial charge in [-0.2, -0.15) is 0 Å². The van der Waals surface area contributed by atoms with Gasteiger partial charge in [0.1, 0.15) is 0 Å². The lowest BCUT2D eigenvalue weighted by Crippen LogP contribution is -2.33. The number of carbonyl (C=O) groups is 1. The molecule has 2 aliphatic heterocycles. The quantitative estimate of drug-likeness (QED) is 0.840. The molecule has 2 aliphatic rings. The van der Waals surface area contributed by atoms with E-state index in [1.807, 2.05) is 29.6 Å². The fourth-order valence-electron chi connectivity index (χ4n) is 3.57. The zero-order valence-electron chi connectivity index (χ0n) is 12.8. The second-order valence-corrected chi connectivity index (χ2v) is 7.34.